The van der Waals surface area contributed by atoms with Crippen molar-refractivity contribution in [2.24, 2.45) is 5.92 Å². The lowest BCUT2D eigenvalue weighted by Gasteiger charge is -2.16. The van der Waals surface area contributed by atoms with Gasteiger partial charge in [-0.25, -0.2) is 4.79 Å². The molecular formula is C12H16BrNO3S. The first kappa shape index (κ1) is 15.2. The Morgan fingerprint density at radius 2 is 2.11 bits per heavy atom. The Morgan fingerprint density at radius 3 is 2.50 bits per heavy atom. The van der Waals surface area contributed by atoms with Gasteiger partial charge in [0.15, 0.2) is 0 Å². The minimum absolute atomic E-state index is 0.208. The van der Waals surface area contributed by atoms with Crippen molar-refractivity contribution in [2.75, 3.05) is 0 Å². The Labute approximate surface area is 119 Å². The van der Waals surface area contributed by atoms with E-state index < -0.39 is 12.0 Å². The molecule has 0 fully saturated rings. The van der Waals surface area contributed by atoms with E-state index in [2.05, 4.69) is 21.2 Å². The molecule has 0 bridgehead atoms. The van der Waals surface area contributed by atoms with E-state index in [1.54, 1.807) is 0 Å². The summed E-state index contributed by atoms with van der Waals surface area (Å²) in [5.41, 5.74) is 0.973. The minimum atomic E-state index is -0.999. The van der Waals surface area contributed by atoms with E-state index in [0.717, 1.165) is 10.0 Å². The summed E-state index contributed by atoms with van der Waals surface area (Å²) in [6.07, 6.45) is 0.420. The SMILES string of the molecule is Cc1csc(C(=O)NC(CC(C)C)C(=O)O)c1Br. The number of thiophene rings is 1. The lowest BCUT2D eigenvalue weighted by atomic mass is 10.0. The summed E-state index contributed by atoms with van der Waals surface area (Å²) in [7, 11) is 0. The number of carboxylic acids is 1. The van der Waals surface area contributed by atoms with Crippen molar-refractivity contribution in [3.05, 3.63) is 20.3 Å². The Balaban J connectivity index is 2.79. The third-order valence-electron chi connectivity index (χ3n) is 2.42. The van der Waals surface area contributed by atoms with Gasteiger partial charge in [-0.15, -0.1) is 11.3 Å². The second-order valence-electron chi connectivity index (χ2n) is 4.56. The summed E-state index contributed by atoms with van der Waals surface area (Å²) in [6.45, 7) is 5.74. The summed E-state index contributed by atoms with van der Waals surface area (Å²) in [5.74, 6) is -1.13. The monoisotopic (exact) mass is 333 g/mol. The van der Waals surface area contributed by atoms with Gasteiger partial charge < -0.3 is 10.4 Å². The number of aryl methyl sites for hydroxylation is 1. The van der Waals surface area contributed by atoms with Gasteiger partial charge in [-0.2, -0.15) is 0 Å². The average molecular weight is 334 g/mol. The fourth-order valence-corrected chi connectivity index (χ4v) is 3.07. The van der Waals surface area contributed by atoms with E-state index in [4.69, 9.17) is 5.11 Å². The van der Waals surface area contributed by atoms with E-state index >= 15 is 0 Å². The highest BCUT2D eigenvalue weighted by Crippen LogP contribution is 2.27. The molecule has 0 radical (unpaired) electrons. The molecular weight excluding hydrogens is 318 g/mol. The predicted octanol–water partition coefficient (Wildman–Crippen LogP) is 3.05. The van der Waals surface area contributed by atoms with Crippen molar-refractivity contribution >= 4 is 39.1 Å². The first-order chi connectivity index (χ1) is 8.32. The maximum Gasteiger partial charge on any atom is 0.326 e. The van der Waals surface area contributed by atoms with Gasteiger partial charge in [0.2, 0.25) is 0 Å². The summed E-state index contributed by atoms with van der Waals surface area (Å²) >= 11 is 4.64. The molecule has 1 aromatic heterocycles. The molecule has 0 aromatic carbocycles. The molecule has 0 aliphatic carbocycles. The third kappa shape index (κ3) is 3.81. The molecule has 0 saturated carbocycles. The highest BCUT2D eigenvalue weighted by Gasteiger charge is 2.23. The molecule has 4 nitrogen and oxygen atoms in total. The number of halogens is 1. The second kappa shape index (κ2) is 6.33. The molecule has 2 N–H and O–H groups in total. The molecule has 1 unspecified atom stereocenters. The quantitative estimate of drug-likeness (QED) is 0.870. The predicted molar refractivity (Wildman–Crippen MR) is 75.1 cm³/mol. The molecule has 0 aliphatic heterocycles. The normalized spacial score (nSPS) is 12.5. The van der Waals surface area contributed by atoms with E-state index in [1.165, 1.54) is 11.3 Å². The van der Waals surface area contributed by atoms with Crippen LogP contribution in [0.15, 0.2) is 9.85 Å². The van der Waals surface area contributed by atoms with Gasteiger partial charge in [0.05, 0.1) is 0 Å². The summed E-state index contributed by atoms with van der Waals surface area (Å²) in [6, 6.07) is -0.841. The molecule has 0 saturated heterocycles. The molecule has 1 rings (SSSR count). The molecule has 1 heterocycles. The van der Waals surface area contributed by atoms with Crippen LogP contribution in [0.4, 0.5) is 0 Å². The molecule has 18 heavy (non-hydrogen) atoms. The van der Waals surface area contributed by atoms with Gasteiger partial charge in [0.25, 0.3) is 5.91 Å². The molecule has 0 aliphatic rings. The van der Waals surface area contributed by atoms with E-state index in [1.807, 2.05) is 26.2 Å². The van der Waals surface area contributed by atoms with Gasteiger partial charge in [0, 0.05) is 4.47 Å². The van der Waals surface area contributed by atoms with Crippen LogP contribution in [0.5, 0.6) is 0 Å². The zero-order valence-corrected chi connectivity index (χ0v) is 12.9. The Kier molecular flexibility index (Phi) is 5.34. The number of aliphatic carboxylic acids is 1. The second-order valence-corrected chi connectivity index (χ2v) is 6.23. The molecule has 6 heteroatoms. The fraction of sp³-hybridized carbons (Fsp3) is 0.500. The van der Waals surface area contributed by atoms with Crippen molar-refractivity contribution in [3.8, 4) is 0 Å². The Bertz CT molecular complexity index is 456. The van der Waals surface area contributed by atoms with Crippen LogP contribution in [0.25, 0.3) is 0 Å². The first-order valence-electron chi connectivity index (χ1n) is 5.60. The zero-order chi connectivity index (χ0) is 13.9. The molecule has 1 atom stereocenters. The van der Waals surface area contributed by atoms with Gasteiger partial charge in [0.1, 0.15) is 10.9 Å². The number of amides is 1. The minimum Gasteiger partial charge on any atom is -0.480 e. The van der Waals surface area contributed by atoms with Crippen LogP contribution < -0.4 is 5.32 Å². The lowest BCUT2D eigenvalue weighted by Crippen LogP contribution is -2.41. The van der Waals surface area contributed by atoms with Crippen molar-refractivity contribution in [3.63, 3.8) is 0 Å². The molecule has 1 amide bonds. The van der Waals surface area contributed by atoms with Crippen LogP contribution in [0.1, 0.15) is 35.5 Å². The van der Waals surface area contributed by atoms with Crippen molar-refractivity contribution in [1.82, 2.24) is 5.32 Å². The number of carboxylic acid groups (broad SMARTS) is 1. The summed E-state index contributed by atoms with van der Waals surface area (Å²) in [5, 5.41) is 13.5. The smallest absolute Gasteiger partial charge is 0.326 e. The van der Waals surface area contributed by atoms with Crippen LogP contribution >= 0.6 is 27.3 Å². The van der Waals surface area contributed by atoms with Crippen LogP contribution in [0.3, 0.4) is 0 Å². The van der Waals surface area contributed by atoms with E-state index in [9.17, 15) is 9.59 Å². The lowest BCUT2D eigenvalue weighted by molar-refractivity contribution is -0.139. The molecule has 100 valence electrons. The number of nitrogens with one attached hydrogen (secondary N) is 1. The Morgan fingerprint density at radius 1 is 1.50 bits per heavy atom. The number of hydrogen-bond acceptors (Lipinski definition) is 3. The number of carbonyl (C=O) groups excluding carboxylic acids is 1. The van der Waals surface area contributed by atoms with Crippen LogP contribution in [-0.2, 0) is 4.79 Å². The molecule has 0 spiro atoms. The number of hydrogen-bond donors (Lipinski definition) is 2. The topological polar surface area (TPSA) is 66.4 Å². The van der Waals surface area contributed by atoms with Crippen LogP contribution in [-0.4, -0.2) is 23.0 Å². The number of carbonyl (C=O) groups is 2. The summed E-state index contributed by atoms with van der Waals surface area (Å²) in [4.78, 5) is 23.6. The van der Waals surface area contributed by atoms with Crippen molar-refractivity contribution in [2.45, 2.75) is 33.2 Å². The highest BCUT2D eigenvalue weighted by molar-refractivity contribution is 9.10. The molecule has 1 aromatic rings. The van der Waals surface area contributed by atoms with E-state index in [-0.39, 0.29) is 11.8 Å². The Hall–Kier alpha value is -0.880. The number of rotatable bonds is 5. The van der Waals surface area contributed by atoms with Crippen LogP contribution in [0, 0.1) is 12.8 Å². The highest BCUT2D eigenvalue weighted by atomic mass is 79.9. The standard InChI is InChI=1S/C12H16BrNO3S/c1-6(2)4-8(12(16)17)14-11(15)10-9(13)7(3)5-18-10/h5-6,8H,4H2,1-3H3,(H,14,15)(H,16,17). The largest absolute Gasteiger partial charge is 0.480 e. The van der Waals surface area contributed by atoms with Crippen molar-refractivity contribution < 1.29 is 14.7 Å². The third-order valence-corrected chi connectivity index (χ3v) is 4.80. The van der Waals surface area contributed by atoms with Crippen molar-refractivity contribution in [1.29, 1.82) is 0 Å². The van der Waals surface area contributed by atoms with Gasteiger partial charge in [-0.05, 0) is 46.1 Å². The van der Waals surface area contributed by atoms with Crippen LogP contribution in [0.2, 0.25) is 0 Å². The van der Waals surface area contributed by atoms with Gasteiger partial charge >= 0.3 is 5.97 Å². The van der Waals surface area contributed by atoms with E-state index in [0.29, 0.717) is 11.3 Å². The average Bonchev–Trinajstić information content (AvgIpc) is 2.58. The van der Waals surface area contributed by atoms with Gasteiger partial charge in [-0.1, -0.05) is 13.8 Å². The maximum atomic E-state index is 12.0. The first-order valence-corrected chi connectivity index (χ1v) is 7.27. The maximum absolute atomic E-state index is 12.0. The fourth-order valence-electron chi connectivity index (χ4n) is 1.50. The zero-order valence-electron chi connectivity index (χ0n) is 10.5. The summed E-state index contributed by atoms with van der Waals surface area (Å²) < 4.78 is 0.735. The van der Waals surface area contributed by atoms with Gasteiger partial charge in [-0.3, -0.25) is 4.79 Å².